The van der Waals surface area contributed by atoms with Crippen LogP contribution in [0.5, 0.6) is 0 Å². The molecule has 3 N–H and O–H groups in total. The molecule has 4 aromatic rings. The first-order valence-corrected chi connectivity index (χ1v) is 8.64. The first kappa shape index (κ1) is 17.1. The van der Waals surface area contributed by atoms with E-state index in [0.717, 1.165) is 16.7 Å². The summed E-state index contributed by atoms with van der Waals surface area (Å²) in [4.78, 5) is 32.8. The molecule has 6 nitrogen and oxygen atoms in total. The Labute approximate surface area is 159 Å². The summed E-state index contributed by atoms with van der Waals surface area (Å²) in [5, 5.41) is 3.06. The maximum Gasteiger partial charge on any atom is 0.325 e. The van der Waals surface area contributed by atoms with Crippen molar-refractivity contribution in [2.75, 3.05) is 7.05 Å². The van der Waals surface area contributed by atoms with Crippen LogP contribution in [0.15, 0.2) is 59.4 Å². The number of hydrogen-bond donors (Lipinski definition) is 3. The van der Waals surface area contributed by atoms with Gasteiger partial charge >= 0.3 is 5.69 Å². The van der Waals surface area contributed by atoms with E-state index < -0.39 is 0 Å². The van der Waals surface area contributed by atoms with E-state index in [1.54, 1.807) is 25.2 Å². The number of H-pyrrole nitrogens is 2. The Balaban J connectivity index is 1.67. The van der Waals surface area contributed by atoms with E-state index in [4.69, 9.17) is 11.6 Å². The standard InChI is InChI=1S/C20H15ClN4O2/c1-22-19(26)14-8-4-12(5-9-14)11-2-6-13(7-3-11)17-15(21)10-16-18(24-17)25-20(27)23-16/h2-10H,1H3,(H,22,26)(H2,23,24,25,27). The van der Waals surface area contributed by atoms with Crippen molar-refractivity contribution in [1.29, 1.82) is 0 Å². The first-order chi connectivity index (χ1) is 13.0. The van der Waals surface area contributed by atoms with Crippen LogP contribution in [0, 0.1) is 0 Å². The second-order valence-corrected chi connectivity index (χ2v) is 6.44. The van der Waals surface area contributed by atoms with Crippen LogP contribution in [0.3, 0.4) is 0 Å². The maximum atomic E-state index is 11.6. The van der Waals surface area contributed by atoms with E-state index in [-0.39, 0.29) is 11.6 Å². The zero-order valence-electron chi connectivity index (χ0n) is 14.3. The number of benzene rings is 2. The number of hydrogen-bond acceptors (Lipinski definition) is 3. The Morgan fingerprint density at radius 2 is 1.56 bits per heavy atom. The Kier molecular flexibility index (Phi) is 4.25. The second kappa shape index (κ2) is 6.74. The molecule has 0 aliphatic rings. The van der Waals surface area contributed by atoms with Gasteiger partial charge in [0.15, 0.2) is 5.65 Å². The molecule has 0 unspecified atom stereocenters. The lowest BCUT2D eigenvalue weighted by atomic mass is 10.0. The zero-order valence-corrected chi connectivity index (χ0v) is 15.1. The van der Waals surface area contributed by atoms with Crippen LogP contribution in [0.1, 0.15) is 10.4 Å². The molecule has 0 aliphatic heterocycles. The molecule has 0 aliphatic carbocycles. The van der Waals surface area contributed by atoms with Gasteiger partial charge in [-0.1, -0.05) is 48.0 Å². The van der Waals surface area contributed by atoms with Gasteiger partial charge in [-0.25, -0.2) is 9.78 Å². The number of carbonyl (C=O) groups excluding carboxylic acids is 1. The number of aromatic nitrogens is 3. The number of pyridine rings is 1. The summed E-state index contributed by atoms with van der Waals surface area (Å²) in [7, 11) is 1.61. The summed E-state index contributed by atoms with van der Waals surface area (Å²) < 4.78 is 0. The molecule has 27 heavy (non-hydrogen) atoms. The topological polar surface area (TPSA) is 90.6 Å². The quantitative estimate of drug-likeness (QED) is 0.508. The van der Waals surface area contributed by atoms with Gasteiger partial charge in [-0.15, -0.1) is 0 Å². The summed E-state index contributed by atoms with van der Waals surface area (Å²) in [5.41, 5.74) is 4.78. The number of fused-ring (bicyclic) bond motifs is 1. The van der Waals surface area contributed by atoms with Crippen LogP contribution in [0.2, 0.25) is 5.02 Å². The van der Waals surface area contributed by atoms with Gasteiger partial charge in [0.05, 0.1) is 16.2 Å². The fourth-order valence-electron chi connectivity index (χ4n) is 2.92. The lowest BCUT2D eigenvalue weighted by Gasteiger charge is -2.07. The Morgan fingerprint density at radius 3 is 2.19 bits per heavy atom. The highest BCUT2D eigenvalue weighted by molar-refractivity contribution is 6.33. The molecule has 0 spiro atoms. The van der Waals surface area contributed by atoms with Gasteiger partial charge in [-0.05, 0) is 29.3 Å². The number of aromatic amines is 2. The average molecular weight is 379 g/mol. The van der Waals surface area contributed by atoms with Gasteiger partial charge in [0.25, 0.3) is 5.91 Å². The van der Waals surface area contributed by atoms with Gasteiger partial charge in [-0.3, -0.25) is 9.78 Å². The molecule has 0 radical (unpaired) electrons. The first-order valence-electron chi connectivity index (χ1n) is 8.26. The lowest BCUT2D eigenvalue weighted by molar-refractivity contribution is 0.0963. The molecule has 0 fully saturated rings. The minimum absolute atomic E-state index is 0.115. The van der Waals surface area contributed by atoms with Gasteiger partial charge in [0, 0.05) is 18.2 Å². The predicted molar refractivity (Wildman–Crippen MR) is 106 cm³/mol. The van der Waals surface area contributed by atoms with Gasteiger partial charge in [0.2, 0.25) is 0 Å². The summed E-state index contributed by atoms with van der Waals surface area (Å²) in [6.07, 6.45) is 0. The predicted octanol–water partition coefficient (Wildman–Crippen LogP) is 3.60. The highest BCUT2D eigenvalue weighted by atomic mass is 35.5. The highest BCUT2D eigenvalue weighted by Gasteiger charge is 2.10. The summed E-state index contributed by atoms with van der Waals surface area (Å²) in [6, 6.07) is 16.8. The number of carbonyl (C=O) groups is 1. The number of imidazole rings is 1. The third-order valence-corrected chi connectivity index (χ3v) is 4.61. The molecule has 0 saturated heterocycles. The van der Waals surface area contributed by atoms with Crippen LogP contribution in [0.4, 0.5) is 0 Å². The van der Waals surface area contributed by atoms with Crippen LogP contribution in [-0.4, -0.2) is 27.9 Å². The third kappa shape index (κ3) is 3.22. The molecule has 0 bridgehead atoms. The summed E-state index contributed by atoms with van der Waals surface area (Å²) in [5.74, 6) is -0.115. The van der Waals surface area contributed by atoms with Crippen molar-refractivity contribution >= 4 is 28.7 Å². The molecule has 2 aromatic heterocycles. The van der Waals surface area contributed by atoms with Gasteiger partial charge in [-0.2, -0.15) is 0 Å². The zero-order chi connectivity index (χ0) is 19.0. The van der Waals surface area contributed by atoms with Crippen molar-refractivity contribution in [2.24, 2.45) is 0 Å². The Hall–Kier alpha value is -3.38. The number of amides is 1. The monoisotopic (exact) mass is 378 g/mol. The second-order valence-electron chi connectivity index (χ2n) is 6.03. The molecule has 4 rings (SSSR count). The third-order valence-electron chi connectivity index (χ3n) is 4.32. The number of nitrogens with one attached hydrogen (secondary N) is 3. The van der Waals surface area contributed by atoms with Crippen molar-refractivity contribution in [3.63, 3.8) is 0 Å². The minimum Gasteiger partial charge on any atom is -0.355 e. The molecule has 1 amide bonds. The van der Waals surface area contributed by atoms with Crippen molar-refractivity contribution in [3.8, 4) is 22.4 Å². The van der Waals surface area contributed by atoms with E-state index in [1.807, 2.05) is 36.4 Å². The summed E-state index contributed by atoms with van der Waals surface area (Å²) >= 11 is 6.33. The minimum atomic E-state index is -0.318. The van der Waals surface area contributed by atoms with Crippen LogP contribution in [-0.2, 0) is 0 Å². The normalized spacial score (nSPS) is 10.9. The molecule has 2 aromatic carbocycles. The van der Waals surface area contributed by atoms with Crippen molar-refractivity contribution in [1.82, 2.24) is 20.3 Å². The fraction of sp³-hybridized carbons (Fsp3) is 0.0500. The largest absolute Gasteiger partial charge is 0.355 e. The van der Waals surface area contributed by atoms with E-state index >= 15 is 0 Å². The Morgan fingerprint density at radius 1 is 0.963 bits per heavy atom. The molecule has 2 heterocycles. The van der Waals surface area contributed by atoms with Crippen molar-refractivity contribution in [2.45, 2.75) is 0 Å². The Bertz CT molecular complexity index is 1190. The lowest BCUT2D eigenvalue weighted by Crippen LogP contribution is -2.17. The van der Waals surface area contributed by atoms with Gasteiger partial charge < -0.3 is 10.3 Å². The number of rotatable bonds is 3. The van der Waals surface area contributed by atoms with Gasteiger partial charge in [0.1, 0.15) is 0 Å². The van der Waals surface area contributed by atoms with Crippen molar-refractivity contribution < 1.29 is 4.79 Å². The summed E-state index contributed by atoms with van der Waals surface area (Å²) in [6.45, 7) is 0. The SMILES string of the molecule is CNC(=O)c1ccc(-c2ccc(-c3nc4[nH]c(=O)[nH]c4cc3Cl)cc2)cc1. The number of halogens is 1. The number of nitrogens with zero attached hydrogens (tertiary/aromatic N) is 1. The average Bonchev–Trinajstić information content (AvgIpc) is 3.06. The molecular weight excluding hydrogens is 364 g/mol. The maximum absolute atomic E-state index is 11.6. The van der Waals surface area contributed by atoms with E-state index in [1.165, 1.54) is 0 Å². The van der Waals surface area contributed by atoms with Crippen LogP contribution in [0.25, 0.3) is 33.5 Å². The van der Waals surface area contributed by atoms with Crippen LogP contribution < -0.4 is 11.0 Å². The smallest absolute Gasteiger partial charge is 0.325 e. The van der Waals surface area contributed by atoms with Crippen molar-refractivity contribution in [3.05, 3.63) is 75.7 Å². The molecule has 0 saturated carbocycles. The molecule has 134 valence electrons. The van der Waals surface area contributed by atoms with Crippen LogP contribution >= 0.6 is 11.6 Å². The van der Waals surface area contributed by atoms with E-state index in [2.05, 4.69) is 20.3 Å². The molecular formula is C20H15ClN4O2. The fourth-order valence-corrected chi connectivity index (χ4v) is 3.18. The highest BCUT2D eigenvalue weighted by Crippen LogP contribution is 2.30. The molecule has 7 heteroatoms. The van der Waals surface area contributed by atoms with E-state index in [0.29, 0.717) is 27.4 Å². The molecule has 0 atom stereocenters. The van der Waals surface area contributed by atoms with E-state index in [9.17, 15) is 9.59 Å².